The summed E-state index contributed by atoms with van der Waals surface area (Å²) < 4.78 is 0. The monoisotopic (exact) mass is 288 g/mol. The number of carbonyl (C=O) groups is 1. The van der Waals surface area contributed by atoms with Gasteiger partial charge in [-0.25, -0.2) is 9.97 Å². The van der Waals surface area contributed by atoms with Crippen molar-refractivity contribution in [3.05, 3.63) is 24.3 Å². The molecule has 6 heteroatoms. The highest BCUT2D eigenvalue weighted by Gasteiger charge is 2.22. The van der Waals surface area contributed by atoms with Gasteiger partial charge in [-0.1, -0.05) is 23.9 Å². The van der Waals surface area contributed by atoms with E-state index >= 15 is 0 Å². The van der Waals surface area contributed by atoms with Crippen LogP contribution in [0.15, 0.2) is 29.4 Å². The minimum Gasteiger partial charge on any atom is -0.370 e. The molecule has 0 radical (unpaired) electrons. The highest BCUT2D eigenvalue weighted by Crippen LogP contribution is 2.29. The van der Waals surface area contributed by atoms with Crippen LogP contribution in [0.4, 0.5) is 5.82 Å². The van der Waals surface area contributed by atoms with Crippen LogP contribution in [0.3, 0.4) is 0 Å². The van der Waals surface area contributed by atoms with Gasteiger partial charge >= 0.3 is 0 Å². The molecule has 0 aliphatic heterocycles. The van der Waals surface area contributed by atoms with Gasteiger partial charge in [0, 0.05) is 23.6 Å². The maximum absolute atomic E-state index is 10.8. The number of nitrogens with one attached hydrogen (secondary N) is 1. The van der Waals surface area contributed by atoms with Gasteiger partial charge in [-0.05, 0) is 25.0 Å². The molecule has 0 saturated heterocycles. The summed E-state index contributed by atoms with van der Waals surface area (Å²) >= 11 is 1.46. The summed E-state index contributed by atoms with van der Waals surface area (Å²) in [5.74, 6) is 1.20. The molecule has 1 amide bonds. The molecule has 0 atom stereocenters. The Balaban J connectivity index is 1.86. The Morgan fingerprint density at radius 2 is 2.15 bits per heavy atom. The topological polar surface area (TPSA) is 80.9 Å². The van der Waals surface area contributed by atoms with Crippen LogP contribution in [0.1, 0.15) is 19.3 Å². The van der Waals surface area contributed by atoms with Crippen molar-refractivity contribution in [2.75, 3.05) is 11.1 Å². The average Bonchev–Trinajstić information content (AvgIpc) is 3.22. The zero-order valence-electron chi connectivity index (χ0n) is 11.0. The number of primary amides is 1. The smallest absolute Gasteiger partial charge is 0.218 e. The van der Waals surface area contributed by atoms with Gasteiger partial charge in [0.15, 0.2) is 5.16 Å². The Morgan fingerprint density at radius 3 is 2.90 bits per heavy atom. The molecule has 1 aliphatic rings. The van der Waals surface area contributed by atoms with Crippen molar-refractivity contribution in [1.82, 2.24) is 9.97 Å². The molecule has 0 bridgehead atoms. The largest absolute Gasteiger partial charge is 0.370 e. The van der Waals surface area contributed by atoms with Crippen LogP contribution in [0.25, 0.3) is 10.9 Å². The molecule has 3 rings (SSSR count). The second-order valence-electron chi connectivity index (χ2n) is 4.86. The lowest BCUT2D eigenvalue weighted by Gasteiger charge is -2.09. The Bertz CT molecular complexity index is 642. The van der Waals surface area contributed by atoms with Crippen molar-refractivity contribution in [2.24, 2.45) is 5.73 Å². The number of amides is 1. The van der Waals surface area contributed by atoms with Crippen LogP contribution >= 0.6 is 11.8 Å². The minimum absolute atomic E-state index is 0.297. The van der Waals surface area contributed by atoms with Crippen molar-refractivity contribution < 1.29 is 4.79 Å². The summed E-state index contributed by atoms with van der Waals surface area (Å²) in [5, 5.41) is 5.17. The van der Waals surface area contributed by atoms with E-state index in [4.69, 9.17) is 5.73 Å². The fourth-order valence-electron chi connectivity index (χ4n) is 1.89. The van der Waals surface area contributed by atoms with Gasteiger partial charge in [-0.15, -0.1) is 0 Å². The third-order valence-corrected chi connectivity index (χ3v) is 3.93. The van der Waals surface area contributed by atoms with Crippen LogP contribution in [-0.2, 0) is 4.79 Å². The van der Waals surface area contributed by atoms with Gasteiger partial charge in [0.1, 0.15) is 5.82 Å². The predicted octanol–water partition coefficient (Wildman–Crippen LogP) is 2.17. The number of fused-ring (bicyclic) bond motifs is 1. The van der Waals surface area contributed by atoms with Crippen LogP contribution < -0.4 is 11.1 Å². The number of aromatic nitrogens is 2. The maximum Gasteiger partial charge on any atom is 0.218 e. The van der Waals surface area contributed by atoms with Crippen LogP contribution in [0, 0.1) is 0 Å². The Morgan fingerprint density at radius 1 is 1.35 bits per heavy atom. The molecule has 1 aromatic heterocycles. The Labute approximate surface area is 121 Å². The molecule has 0 unspecified atom stereocenters. The number of carbonyl (C=O) groups excluding carboxylic acids is 1. The summed E-state index contributed by atoms with van der Waals surface area (Å²) in [6.45, 7) is 0. The van der Waals surface area contributed by atoms with Gasteiger partial charge in [0.25, 0.3) is 0 Å². The van der Waals surface area contributed by atoms with Crippen molar-refractivity contribution >= 4 is 34.4 Å². The van der Waals surface area contributed by atoms with Crippen molar-refractivity contribution in [3.8, 4) is 0 Å². The molecule has 1 saturated carbocycles. The first-order chi connectivity index (χ1) is 9.72. The van der Waals surface area contributed by atoms with Crippen molar-refractivity contribution in [3.63, 3.8) is 0 Å². The van der Waals surface area contributed by atoms with E-state index in [0.29, 0.717) is 23.4 Å². The van der Waals surface area contributed by atoms with E-state index in [9.17, 15) is 4.79 Å². The normalized spacial score (nSPS) is 14.4. The molecular weight excluding hydrogens is 272 g/mol. The second kappa shape index (κ2) is 5.66. The highest BCUT2D eigenvalue weighted by atomic mass is 32.2. The van der Waals surface area contributed by atoms with Crippen LogP contribution in [0.2, 0.25) is 0 Å². The third-order valence-electron chi connectivity index (χ3n) is 3.08. The number of anilines is 1. The number of rotatable bonds is 6. The van der Waals surface area contributed by atoms with Crippen molar-refractivity contribution in [2.45, 2.75) is 30.5 Å². The van der Waals surface area contributed by atoms with E-state index in [2.05, 4.69) is 15.3 Å². The van der Waals surface area contributed by atoms with E-state index in [0.717, 1.165) is 16.7 Å². The first-order valence-corrected chi connectivity index (χ1v) is 7.65. The van der Waals surface area contributed by atoms with Crippen LogP contribution in [-0.4, -0.2) is 27.7 Å². The standard InChI is InChI=1S/C14H16N4OS/c15-12(19)7-8-20-14-17-11-4-2-1-3-10(11)13(18-14)16-9-5-6-9/h1-4,9H,5-8H2,(H2,15,19)(H,16,17,18). The summed E-state index contributed by atoms with van der Waals surface area (Å²) in [7, 11) is 0. The van der Waals surface area contributed by atoms with Crippen LogP contribution in [0.5, 0.6) is 0 Å². The Hall–Kier alpha value is -1.82. The van der Waals surface area contributed by atoms with E-state index in [1.54, 1.807) is 0 Å². The first kappa shape index (κ1) is 13.2. The number of nitrogens with two attached hydrogens (primary N) is 1. The zero-order valence-corrected chi connectivity index (χ0v) is 11.8. The summed E-state index contributed by atoms with van der Waals surface area (Å²) in [6, 6.07) is 8.50. The SMILES string of the molecule is NC(=O)CCSc1nc(NC2CC2)c2ccccc2n1. The fourth-order valence-corrected chi connectivity index (χ4v) is 2.70. The van der Waals surface area contributed by atoms with Gasteiger partial charge in [0.2, 0.25) is 5.91 Å². The molecule has 1 aromatic carbocycles. The summed E-state index contributed by atoms with van der Waals surface area (Å²) in [5.41, 5.74) is 6.07. The number of hydrogen-bond acceptors (Lipinski definition) is 5. The Kier molecular flexibility index (Phi) is 3.73. The average molecular weight is 288 g/mol. The number of nitrogens with zero attached hydrogens (tertiary/aromatic N) is 2. The van der Waals surface area contributed by atoms with Gasteiger partial charge in [-0.3, -0.25) is 4.79 Å². The fraction of sp³-hybridized carbons (Fsp3) is 0.357. The van der Waals surface area contributed by atoms with E-state index < -0.39 is 0 Å². The molecule has 0 spiro atoms. The lowest BCUT2D eigenvalue weighted by Crippen LogP contribution is -2.11. The molecule has 104 valence electrons. The van der Waals surface area contributed by atoms with Crippen molar-refractivity contribution in [1.29, 1.82) is 0 Å². The van der Waals surface area contributed by atoms with E-state index in [1.165, 1.54) is 24.6 Å². The molecule has 1 fully saturated rings. The maximum atomic E-state index is 10.8. The lowest BCUT2D eigenvalue weighted by atomic mass is 10.2. The quantitative estimate of drug-likeness (QED) is 0.629. The predicted molar refractivity (Wildman–Crippen MR) is 80.7 cm³/mol. The number of benzene rings is 1. The van der Waals surface area contributed by atoms with Gasteiger partial charge in [0.05, 0.1) is 5.52 Å². The van der Waals surface area contributed by atoms with Gasteiger partial charge in [-0.2, -0.15) is 0 Å². The third kappa shape index (κ3) is 3.19. The van der Waals surface area contributed by atoms with E-state index in [1.807, 2.05) is 24.3 Å². The first-order valence-electron chi connectivity index (χ1n) is 6.67. The molecule has 2 aromatic rings. The summed E-state index contributed by atoms with van der Waals surface area (Å²) in [4.78, 5) is 19.9. The molecule has 20 heavy (non-hydrogen) atoms. The minimum atomic E-state index is -0.297. The molecule has 1 heterocycles. The number of thioether (sulfide) groups is 1. The number of para-hydroxylation sites is 1. The van der Waals surface area contributed by atoms with Gasteiger partial charge < -0.3 is 11.1 Å². The molecule has 5 nitrogen and oxygen atoms in total. The number of hydrogen-bond donors (Lipinski definition) is 2. The summed E-state index contributed by atoms with van der Waals surface area (Å²) in [6.07, 6.45) is 2.73. The lowest BCUT2D eigenvalue weighted by molar-refractivity contribution is -0.117. The molecular formula is C14H16N4OS. The van der Waals surface area contributed by atoms with E-state index in [-0.39, 0.29) is 5.91 Å². The second-order valence-corrected chi connectivity index (χ2v) is 5.92. The zero-order chi connectivity index (χ0) is 13.9. The molecule has 3 N–H and O–H groups in total. The molecule has 1 aliphatic carbocycles. The highest BCUT2D eigenvalue weighted by molar-refractivity contribution is 7.99.